The highest BCUT2D eigenvalue weighted by Gasteiger charge is 2.16. The van der Waals surface area contributed by atoms with Gasteiger partial charge in [-0.05, 0) is 41.7 Å². The molecule has 0 saturated carbocycles. The molecule has 2 N–H and O–H groups in total. The Kier molecular flexibility index (Phi) is 6.95. The first-order chi connectivity index (χ1) is 14.8. The normalized spacial score (nSPS) is 13.7. The highest BCUT2D eigenvalue weighted by atomic mass is 32.2. The van der Waals surface area contributed by atoms with Crippen LogP contribution >= 0.6 is 24.0 Å². The first kappa shape index (κ1) is 20.4. The van der Waals surface area contributed by atoms with Gasteiger partial charge >= 0.3 is 0 Å². The number of hydrogen-bond donors (Lipinski definition) is 2. The molecule has 4 rings (SSSR count). The predicted molar refractivity (Wildman–Crippen MR) is 119 cm³/mol. The molecule has 0 unspecified atom stereocenters. The van der Waals surface area contributed by atoms with Crippen molar-refractivity contribution in [3.05, 3.63) is 54.6 Å². The van der Waals surface area contributed by atoms with Crippen molar-refractivity contribution >= 4 is 40.9 Å². The summed E-state index contributed by atoms with van der Waals surface area (Å²) in [5.41, 5.74) is 1.03. The van der Waals surface area contributed by atoms with Crippen LogP contribution in [0.25, 0.3) is 0 Å². The van der Waals surface area contributed by atoms with Crippen molar-refractivity contribution in [1.82, 2.24) is 30.2 Å². The third-order valence-corrected chi connectivity index (χ3v) is 5.22. The lowest BCUT2D eigenvalue weighted by Gasteiger charge is -2.28. The second-order valence-electron chi connectivity index (χ2n) is 6.29. The van der Waals surface area contributed by atoms with Crippen LogP contribution in [0.15, 0.2) is 59.2 Å². The summed E-state index contributed by atoms with van der Waals surface area (Å²) in [5.74, 6) is 1.23. The summed E-state index contributed by atoms with van der Waals surface area (Å²) in [6.07, 6.45) is 6.94. The predicted octanol–water partition coefficient (Wildman–Crippen LogP) is 2.14. The zero-order valence-corrected chi connectivity index (χ0v) is 17.7. The second kappa shape index (κ2) is 10.2. The van der Waals surface area contributed by atoms with E-state index in [1.54, 1.807) is 30.9 Å². The molecule has 1 aliphatic rings. The minimum atomic E-state index is 0.418. The minimum absolute atomic E-state index is 0.418. The van der Waals surface area contributed by atoms with E-state index in [0.717, 1.165) is 29.5 Å². The zero-order valence-electron chi connectivity index (χ0n) is 16.1. The molecule has 1 aliphatic heterocycles. The van der Waals surface area contributed by atoms with Crippen LogP contribution < -0.4 is 15.5 Å². The fraction of sp³-hybridized carbons (Fsp3) is 0.263. The molecule has 0 bridgehead atoms. The van der Waals surface area contributed by atoms with Crippen LogP contribution in [0.1, 0.15) is 5.56 Å². The number of pyridine rings is 1. The van der Waals surface area contributed by atoms with Crippen molar-refractivity contribution < 1.29 is 4.74 Å². The highest BCUT2D eigenvalue weighted by molar-refractivity contribution is 7.99. The van der Waals surface area contributed by atoms with Gasteiger partial charge in [0.15, 0.2) is 10.3 Å². The first-order valence-corrected chi connectivity index (χ1v) is 10.6. The summed E-state index contributed by atoms with van der Waals surface area (Å²) in [6.45, 7) is 3.44. The van der Waals surface area contributed by atoms with Gasteiger partial charge in [-0.15, -0.1) is 0 Å². The zero-order chi connectivity index (χ0) is 20.6. The van der Waals surface area contributed by atoms with Crippen LogP contribution in [-0.2, 0) is 11.3 Å². The lowest BCUT2D eigenvalue weighted by molar-refractivity contribution is 0.122. The lowest BCUT2D eigenvalue weighted by atomic mass is 10.3. The maximum atomic E-state index is 5.45. The highest BCUT2D eigenvalue weighted by Crippen LogP contribution is 2.27. The number of nitrogens with one attached hydrogen (secondary N) is 2. The van der Waals surface area contributed by atoms with Gasteiger partial charge in [-0.1, -0.05) is 6.07 Å². The molecule has 0 radical (unpaired) electrons. The molecule has 30 heavy (non-hydrogen) atoms. The third-order valence-electron chi connectivity index (χ3n) is 4.16. The van der Waals surface area contributed by atoms with E-state index in [9.17, 15) is 0 Å². The van der Waals surface area contributed by atoms with Gasteiger partial charge in [0.1, 0.15) is 10.8 Å². The third kappa shape index (κ3) is 5.81. The van der Waals surface area contributed by atoms with E-state index in [-0.39, 0.29) is 0 Å². The Labute approximate surface area is 183 Å². The van der Waals surface area contributed by atoms with E-state index in [4.69, 9.17) is 17.0 Å². The van der Waals surface area contributed by atoms with Gasteiger partial charge in [-0.25, -0.2) is 15.0 Å². The molecule has 154 valence electrons. The Morgan fingerprint density at radius 2 is 1.97 bits per heavy atom. The second-order valence-corrected chi connectivity index (χ2v) is 7.69. The lowest BCUT2D eigenvalue weighted by Crippen LogP contribution is -2.37. The van der Waals surface area contributed by atoms with Gasteiger partial charge in [-0.2, -0.15) is 4.98 Å². The van der Waals surface area contributed by atoms with Gasteiger partial charge in [0.2, 0.25) is 5.95 Å². The minimum Gasteiger partial charge on any atom is -0.378 e. The monoisotopic (exact) mass is 440 g/mol. The van der Waals surface area contributed by atoms with Gasteiger partial charge < -0.3 is 20.3 Å². The molecule has 0 spiro atoms. The average Bonchev–Trinajstić information content (AvgIpc) is 2.79. The van der Waals surface area contributed by atoms with Crippen molar-refractivity contribution in [3.8, 4) is 0 Å². The van der Waals surface area contributed by atoms with Crippen molar-refractivity contribution in [2.75, 3.05) is 36.5 Å². The number of anilines is 2. The molecule has 3 aromatic rings. The Bertz CT molecular complexity index is 971. The van der Waals surface area contributed by atoms with Crippen LogP contribution in [0.4, 0.5) is 11.8 Å². The Morgan fingerprint density at radius 1 is 1.13 bits per heavy atom. The van der Waals surface area contributed by atoms with Gasteiger partial charge in [0, 0.05) is 50.5 Å². The molecular formula is C19H20N8OS2. The molecule has 11 heteroatoms. The summed E-state index contributed by atoms with van der Waals surface area (Å²) in [6, 6.07) is 7.58. The number of hydrogen-bond acceptors (Lipinski definition) is 9. The number of ether oxygens (including phenoxy) is 1. The van der Waals surface area contributed by atoms with Crippen LogP contribution in [0.5, 0.6) is 0 Å². The molecule has 0 aromatic carbocycles. The molecule has 0 amide bonds. The topological polar surface area (TPSA) is 101 Å². The fourth-order valence-electron chi connectivity index (χ4n) is 2.74. The maximum absolute atomic E-state index is 5.45. The molecule has 4 heterocycles. The van der Waals surface area contributed by atoms with Crippen LogP contribution in [-0.4, -0.2) is 56.3 Å². The van der Waals surface area contributed by atoms with Crippen molar-refractivity contribution in [2.24, 2.45) is 0 Å². The number of morpholine rings is 1. The molecule has 1 fully saturated rings. The summed E-state index contributed by atoms with van der Waals surface area (Å²) >= 11 is 6.79. The summed E-state index contributed by atoms with van der Waals surface area (Å²) in [4.78, 5) is 24.0. The number of nitrogens with zero attached hydrogens (tertiary/aromatic N) is 6. The molecule has 1 saturated heterocycles. The van der Waals surface area contributed by atoms with Gasteiger partial charge in [-0.3, -0.25) is 4.98 Å². The van der Waals surface area contributed by atoms with Crippen molar-refractivity contribution in [1.29, 1.82) is 0 Å². The van der Waals surface area contributed by atoms with Gasteiger partial charge in [0.05, 0.1) is 13.2 Å². The van der Waals surface area contributed by atoms with E-state index in [1.165, 1.54) is 11.8 Å². The SMILES string of the molecule is S=C(NCc1cccnc1)Nc1nc(Sc2ncccn2)cc(N2CCOCC2)n1. The van der Waals surface area contributed by atoms with E-state index >= 15 is 0 Å². The summed E-state index contributed by atoms with van der Waals surface area (Å²) in [7, 11) is 0. The number of aromatic nitrogens is 5. The number of thiocarbonyl (C=S) groups is 1. The molecule has 3 aromatic heterocycles. The Balaban J connectivity index is 1.49. The van der Waals surface area contributed by atoms with E-state index < -0.39 is 0 Å². The number of rotatable bonds is 6. The Hall–Kier alpha value is -2.89. The van der Waals surface area contributed by atoms with E-state index in [0.29, 0.717) is 36.0 Å². The first-order valence-electron chi connectivity index (χ1n) is 9.37. The fourth-order valence-corrected chi connectivity index (χ4v) is 3.61. The van der Waals surface area contributed by atoms with E-state index in [1.807, 2.05) is 18.2 Å². The van der Waals surface area contributed by atoms with Crippen molar-refractivity contribution in [2.45, 2.75) is 16.7 Å². The molecule has 0 aliphatic carbocycles. The quantitative estimate of drug-likeness (QED) is 0.335. The van der Waals surface area contributed by atoms with E-state index in [2.05, 4.69) is 40.5 Å². The molecule has 9 nitrogen and oxygen atoms in total. The van der Waals surface area contributed by atoms with Crippen LogP contribution in [0.2, 0.25) is 0 Å². The van der Waals surface area contributed by atoms with Gasteiger partial charge in [0.25, 0.3) is 0 Å². The maximum Gasteiger partial charge on any atom is 0.232 e. The average molecular weight is 441 g/mol. The van der Waals surface area contributed by atoms with Crippen molar-refractivity contribution in [3.63, 3.8) is 0 Å². The molecular weight excluding hydrogens is 420 g/mol. The summed E-state index contributed by atoms with van der Waals surface area (Å²) in [5, 5.41) is 8.02. The largest absolute Gasteiger partial charge is 0.378 e. The van der Waals surface area contributed by atoms with Crippen LogP contribution in [0.3, 0.4) is 0 Å². The summed E-state index contributed by atoms with van der Waals surface area (Å²) < 4.78 is 5.45. The smallest absolute Gasteiger partial charge is 0.232 e. The Morgan fingerprint density at radius 3 is 2.73 bits per heavy atom. The standard InChI is InChI=1S/C19H20N8OS2/c29-18(23-13-14-3-1-4-20-12-14)26-17-24-15(27-7-9-28-10-8-27)11-16(25-17)30-19-21-5-2-6-22-19/h1-6,11-12H,7-10,13H2,(H2,23,24,25,26,29). The van der Waals surface area contributed by atoms with Crippen LogP contribution in [0, 0.1) is 0 Å². The molecule has 0 atom stereocenters.